The van der Waals surface area contributed by atoms with Crippen LogP contribution in [-0.4, -0.2) is 10.9 Å². The number of nitrogens with one attached hydrogen (secondary N) is 1. The number of thiophene rings is 1. The van der Waals surface area contributed by atoms with Gasteiger partial charge in [0.1, 0.15) is 10.7 Å². The van der Waals surface area contributed by atoms with Crippen LogP contribution in [-0.2, 0) is 6.54 Å². The molecule has 0 aliphatic rings. The van der Waals surface area contributed by atoms with Gasteiger partial charge in [0.2, 0.25) is 0 Å². The molecule has 0 radical (unpaired) electrons. The standard InChI is InChI=1S/C14H19N3OS2/c1-2-3-6-11(15)14-17-12(9-20-14)13(18)16-8-10-5-4-7-19-10/h4-5,7,9,11H,2-3,6,8,15H2,1H3,(H,16,18). The Bertz CT molecular complexity index is 536. The first-order chi connectivity index (χ1) is 9.70. The maximum Gasteiger partial charge on any atom is 0.271 e. The maximum atomic E-state index is 12.0. The first-order valence-corrected chi connectivity index (χ1v) is 8.48. The van der Waals surface area contributed by atoms with E-state index in [2.05, 4.69) is 17.2 Å². The van der Waals surface area contributed by atoms with Crippen molar-refractivity contribution in [3.05, 3.63) is 38.5 Å². The van der Waals surface area contributed by atoms with E-state index in [1.165, 1.54) is 11.3 Å². The van der Waals surface area contributed by atoms with Crippen LogP contribution in [0.2, 0.25) is 0 Å². The van der Waals surface area contributed by atoms with Crippen molar-refractivity contribution in [3.8, 4) is 0 Å². The summed E-state index contributed by atoms with van der Waals surface area (Å²) in [5.41, 5.74) is 6.53. The zero-order valence-electron chi connectivity index (χ0n) is 11.5. The van der Waals surface area contributed by atoms with Crippen LogP contribution in [0, 0.1) is 0 Å². The van der Waals surface area contributed by atoms with Gasteiger partial charge in [-0.15, -0.1) is 22.7 Å². The average Bonchev–Trinajstić information content (AvgIpc) is 3.12. The summed E-state index contributed by atoms with van der Waals surface area (Å²) in [5.74, 6) is -0.136. The molecule has 6 heteroatoms. The number of carbonyl (C=O) groups excluding carboxylic acids is 1. The molecule has 0 aliphatic carbocycles. The third kappa shape index (κ3) is 4.13. The number of amides is 1. The summed E-state index contributed by atoms with van der Waals surface area (Å²) in [4.78, 5) is 17.5. The molecule has 0 aliphatic heterocycles. The number of rotatable bonds is 7. The number of hydrogen-bond donors (Lipinski definition) is 2. The lowest BCUT2D eigenvalue weighted by molar-refractivity contribution is 0.0947. The largest absolute Gasteiger partial charge is 0.346 e. The highest BCUT2D eigenvalue weighted by molar-refractivity contribution is 7.10. The predicted octanol–water partition coefficient (Wildman–Crippen LogP) is 3.32. The summed E-state index contributed by atoms with van der Waals surface area (Å²) in [6.07, 6.45) is 3.12. The fraction of sp³-hybridized carbons (Fsp3) is 0.429. The zero-order valence-corrected chi connectivity index (χ0v) is 13.1. The smallest absolute Gasteiger partial charge is 0.271 e. The maximum absolute atomic E-state index is 12.0. The second kappa shape index (κ2) is 7.52. The van der Waals surface area contributed by atoms with Crippen LogP contribution >= 0.6 is 22.7 Å². The van der Waals surface area contributed by atoms with Crippen molar-refractivity contribution in [1.29, 1.82) is 0 Å². The lowest BCUT2D eigenvalue weighted by atomic mass is 10.1. The van der Waals surface area contributed by atoms with E-state index in [0.29, 0.717) is 12.2 Å². The Hall–Kier alpha value is -1.24. The van der Waals surface area contributed by atoms with Gasteiger partial charge in [0, 0.05) is 10.3 Å². The fourth-order valence-electron chi connectivity index (χ4n) is 1.78. The van der Waals surface area contributed by atoms with E-state index < -0.39 is 0 Å². The SMILES string of the molecule is CCCCC(N)c1nc(C(=O)NCc2cccs2)cs1. The van der Waals surface area contributed by atoms with Crippen LogP contribution in [0.4, 0.5) is 0 Å². The Balaban J connectivity index is 1.89. The number of nitrogens with two attached hydrogens (primary N) is 1. The van der Waals surface area contributed by atoms with Crippen LogP contribution in [0.15, 0.2) is 22.9 Å². The molecule has 0 saturated carbocycles. The van der Waals surface area contributed by atoms with E-state index in [-0.39, 0.29) is 11.9 Å². The summed E-state index contributed by atoms with van der Waals surface area (Å²) in [7, 11) is 0. The van der Waals surface area contributed by atoms with Crippen molar-refractivity contribution < 1.29 is 4.79 Å². The van der Waals surface area contributed by atoms with E-state index in [0.717, 1.165) is 29.1 Å². The molecule has 4 nitrogen and oxygen atoms in total. The van der Waals surface area contributed by atoms with Crippen LogP contribution in [0.5, 0.6) is 0 Å². The molecule has 2 aromatic heterocycles. The van der Waals surface area contributed by atoms with E-state index in [9.17, 15) is 4.79 Å². The highest BCUT2D eigenvalue weighted by Crippen LogP contribution is 2.21. The minimum atomic E-state index is -0.136. The summed E-state index contributed by atoms with van der Waals surface area (Å²) in [6, 6.07) is 3.91. The Labute approximate surface area is 127 Å². The third-order valence-corrected chi connectivity index (χ3v) is 4.80. The molecule has 1 amide bonds. The molecule has 20 heavy (non-hydrogen) atoms. The molecule has 0 saturated heterocycles. The van der Waals surface area contributed by atoms with Gasteiger partial charge in [-0.3, -0.25) is 4.79 Å². The molecule has 2 rings (SSSR count). The van der Waals surface area contributed by atoms with E-state index >= 15 is 0 Å². The normalized spacial score (nSPS) is 12.3. The number of unbranched alkanes of at least 4 members (excludes halogenated alkanes) is 1. The number of aromatic nitrogens is 1. The summed E-state index contributed by atoms with van der Waals surface area (Å²) < 4.78 is 0. The fourth-order valence-corrected chi connectivity index (χ4v) is 3.26. The quantitative estimate of drug-likeness (QED) is 0.824. The second-order valence-electron chi connectivity index (χ2n) is 4.58. The van der Waals surface area contributed by atoms with Crippen LogP contribution in [0.1, 0.15) is 52.6 Å². The molecule has 108 valence electrons. The predicted molar refractivity (Wildman–Crippen MR) is 84.1 cm³/mol. The lowest BCUT2D eigenvalue weighted by Crippen LogP contribution is -2.23. The number of carbonyl (C=O) groups is 1. The summed E-state index contributed by atoms with van der Waals surface area (Å²) in [6.45, 7) is 2.68. The molecular formula is C14H19N3OS2. The van der Waals surface area contributed by atoms with Crippen LogP contribution in [0.25, 0.3) is 0 Å². The van der Waals surface area contributed by atoms with Crippen molar-refractivity contribution in [2.24, 2.45) is 5.73 Å². The van der Waals surface area contributed by atoms with Gasteiger partial charge in [0.25, 0.3) is 5.91 Å². The highest BCUT2D eigenvalue weighted by atomic mass is 32.1. The minimum absolute atomic E-state index is 0.0567. The van der Waals surface area contributed by atoms with Gasteiger partial charge in [0.05, 0.1) is 12.6 Å². The molecule has 1 unspecified atom stereocenters. The second-order valence-corrected chi connectivity index (χ2v) is 6.50. The topological polar surface area (TPSA) is 68.0 Å². The molecule has 1 atom stereocenters. The Morgan fingerprint density at radius 3 is 3.05 bits per heavy atom. The van der Waals surface area contributed by atoms with Crippen molar-refractivity contribution in [2.45, 2.75) is 38.8 Å². The van der Waals surface area contributed by atoms with Crippen molar-refractivity contribution in [2.75, 3.05) is 0 Å². The van der Waals surface area contributed by atoms with Crippen molar-refractivity contribution in [1.82, 2.24) is 10.3 Å². The van der Waals surface area contributed by atoms with Gasteiger partial charge < -0.3 is 11.1 Å². The molecule has 3 N–H and O–H groups in total. The Morgan fingerprint density at radius 2 is 2.35 bits per heavy atom. The Kier molecular flexibility index (Phi) is 5.70. The highest BCUT2D eigenvalue weighted by Gasteiger charge is 2.14. The van der Waals surface area contributed by atoms with Gasteiger partial charge >= 0.3 is 0 Å². The number of thiazole rings is 1. The monoisotopic (exact) mass is 309 g/mol. The van der Waals surface area contributed by atoms with Crippen molar-refractivity contribution >= 4 is 28.6 Å². The zero-order chi connectivity index (χ0) is 14.4. The molecule has 2 heterocycles. The first-order valence-electron chi connectivity index (χ1n) is 6.72. The molecule has 0 aromatic carbocycles. The van der Waals surface area contributed by atoms with E-state index in [1.807, 2.05) is 17.5 Å². The van der Waals surface area contributed by atoms with Gasteiger partial charge in [-0.05, 0) is 17.9 Å². The number of hydrogen-bond acceptors (Lipinski definition) is 5. The third-order valence-electron chi connectivity index (χ3n) is 2.94. The van der Waals surface area contributed by atoms with Gasteiger partial charge in [-0.2, -0.15) is 0 Å². The lowest BCUT2D eigenvalue weighted by Gasteiger charge is -2.06. The molecule has 0 bridgehead atoms. The van der Waals surface area contributed by atoms with Gasteiger partial charge in [-0.1, -0.05) is 25.8 Å². The molecular weight excluding hydrogens is 290 g/mol. The molecule has 0 fully saturated rings. The van der Waals surface area contributed by atoms with Crippen LogP contribution < -0.4 is 11.1 Å². The molecule has 2 aromatic rings. The molecule has 0 spiro atoms. The van der Waals surface area contributed by atoms with Gasteiger partial charge in [0.15, 0.2) is 0 Å². The summed E-state index contributed by atoms with van der Waals surface area (Å²) >= 11 is 3.09. The Morgan fingerprint density at radius 1 is 1.50 bits per heavy atom. The number of nitrogens with zero attached hydrogens (tertiary/aromatic N) is 1. The minimum Gasteiger partial charge on any atom is -0.346 e. The average molecular weight is 309 g/mol. The van der Waals surface area contributed by atoms with Crippen LogP contribution in [0.3, 0.4) is 0 Å². The first kappa shape index (κ1) is 15.2. The van der Waals surface area contributed by atoms with E-state index in [4.69, 9.17) is 5.73 Å². The van der Waals surface area contributed by atoms with Gasteiger partial charge in [-0.25, -0.2) is 4.98 Å². The summed E-state index contributed by atoms with van der Waals surface area (Å²) in [5, 5.41) is 7.50. The van der Waals surface area contributed by atoms with Crippen molar-refractivity contribution in [3.63, 3.8) is 0 Å². The van der Waals surface area contributed by atoms with E-state index in [1.54, 1.807) is 16.7 Å².